The second-order valence-corrected chi connectivity index (χ2v) is 7.60. The Morgan fingerprint density at radius 1 is 1.22 bits per heavy atom. The van der Waals surface area contributed by atoms with E-state index in [0.29, 0.717) is 11.8 Å². The van der Waals surface area contributed by atoms with Crippen molar-refractivity contribution in [3.63, 3.8) is 0 Å². The molecule has 0 radical (unpaired) electrons. The van der Waals surface area contributed by atoms with Crippen molar-refractivity contribution in [2.75, 3.05) is 45.9 Å². The second kappa shape index (κ2) is 7.77. The standard InChI is InChI=1S/C18H32N4O/c1-15(2)12-23-13-16-10-22(9-8-21-6-4-5-7-21)11-17-18(16)20(3)14-19-17/h14-16H,4-13H2,1-3H3/t16-/m1/s1. The molecule has 1 atom stereocenters. The van der Waals surface area contributed by atoms with E-state index in [1.165, 1.54) is 43.9 Å². The number of nitrogens with zero attached hydrogens (tertiary/aromatic N) is 4. The minimum Gasteiger partial charge on any atom is -0.380 e. The smallest absolute Gasteiger partial charge is 0.0949 e. The number of rotatable bonds is 7. The zero-order valence-corrected chi connectivity index (χ0v) is 15.0. The Kier molecular flexibility index (Phi) is 5.72. The van der Waals surface area contributed by atoms with Gasteiger partial charge in [-0.25, -0.2) is 4.98 Å². The fraction of sp³-hybridized carbons (Fsp3) is 0.833. The number of hydrogen-bond acceptors (Lipinski definition) is 4. The summed E-state index contributed by atoms with van der Waals surface area (Å²) in [7, 11) is 2.11. The first kappa shape index (κ1) is 16.9. The Morgan fingerprint density at radius 2 is 1.96 bits per heavy atom. The summed E-state index contributed by atoms with van der Waals surface area (Å²) in [5.74, 6) is 1.04. The number of hydrogen-bond donors (Lipinski definition) is 0. The fourth-order valence-corrected chi connectivity index (χ4v) is 3.85. The molecule has 23 heavy (non-hydrogen) atoms. The molecular formula is C18H32N4O. The predicted molar refractivity (Wildman–Crippen MR) is 92.6 cm³/mol. The first-order chi connectivity index (χ1) is 11.1. The molecule has 0 bridgehead atoms. The van der Waals surface area contributed by atoms with E-state index in [0.717, 1.165) is 32.8 Å². The Morgan fingerprint density at radius 3 is 2.70 bits per heavy atom. The van der Waals surface area contributed by atoms with Gasteiger partial charge in [0, 0.05) is 51.4 Å². The summed E-state index contributed by atoms with van der Waals surface area (Å²) < 4.78 is 8.15. The average Bonchev–Trinajstić information content (AvgIpc) is 3.15. The summed E-state index contributed by atoms with van der Waals surface area (Å²) in [6, 6.07) is 0. The van der Waals surface area contributed by atoms with E-state index in [4.69, 9.17) is 4.74 Å². The van der Waals surface area contributed by atoms with Crippen molar-refractivity contribution < 1.29 is 4.74 Å². The molecule has 0 N–H and O–H groups in total. The van der Waals surface area contributed by atoms with Crippen LogP contribution in [0.2, 0.25) is 0 Å². The lowest BCUT2D eigenvalue weighted by molar-refractivity contribution is 0.0764. The normalized spacial score (nSPS) is 22.9. The molecule has 1 saturated heterocycles. The third-order valence-corrected chi connectivity index (χ3v) is 5.00. The maximum Gasteiger partial charge on any atom is 0.0949 e. The molecule has 3 rings (SSSR count). The molecule has 0 aromatic carbocycles. The molecule has 5 nitrogen and oxygen atoms in total. The molecule has 5 heteroatoms. The minimum absolute atomic E-state index is 0.448. The number of imidazole rings is 1. The van der Waals surface area contributed by atoms with Gasteiger partial charge in [0.25, 0.3) is 0 Å². The summed E-state index contributed by atoms with van der Waals surface area (Å²) in [4.78, 5) is 9.79. The molecule has 1 aromatic rings. The van der Waals surface area contributed by atoms with Crippen LogP contribution in [0.5, 0.6) is 0 Å². The van der Waals surface area contributed by atoms with E-state index in [-0.39, 0.29) is 0 Å². The van der Waals surface area contributed by atoms with Crippen LogP contribution in [0.15, 0.2) is 6.33 Å². The topological polar surface area (TPSA) is 33.5 Å². The molecule has 0 saturated carbocycles. The van der Waals surface area contributed by atoms with Gasteiger partial charge >= 0.3 is 0 Å². The van der Waals surface area contributed by atoms with Crippen LogP contribution in [-0.4, -0.2) is 65.3 Å². The number of aryl methyl sites for hydroxylation is 1. The van der Waals surface area contributed by atoms with Gasteiger partial charge in [0.15, 0.2) is 0 Å². The molecule has 0 aliphatic carbocycles. The van der Waals surface area contributed by atoms with E-state index in [9.17, 15) is 0 Å². The molecule has 0 amide bonds. The van der Waals surface area contributed by atoms with Crippen molar-refractivity contribution in [1.82, 2.24) is 19.4 Å². The van der Waals surface area contributed by atoms with Crippen LogP contribution in [0.25, 0.3) is 0 Å². The zero-order valence-electron chi connectivity index (χ0n) is 15.0. The largest absolute Gasteiger partial charge is 0.380 e. The van der Waals surface area contributed by atoms with E-state index in [1.54, 1.807) is 0 Å². The molecule has 1 fully saturated rings. The third-order valence-electron chi connectivity index (χ3n) is 5.00. The minimum atomic E-state index is 0.448. The molecule has 130 valence electrons. The number of likely N-dealkylation sites (tertiary alicyclic amines) is 1. The summed E-state index contributed by atoms with van der Waals surface area (Å²) >= 11 is 0. The Labute approximate surface area is 140 Å². The first-order valence-electron chi connectivity index (χ1n) is 9.16. The van der Waals surface area contributed by atoms with E-state index in [2.05, 4.69) is 40.2 Å². The van der Waals surface area contributed by atoms with Gasteiger partial charge in [0.05, 0.1) is 18.6 Å². The Bertz CT molecular complexity index is 493. The van der Waals surface area contributed by atoms with E-state index < -0.39 is 0 Å². The quantitative estimate of drug-likeness (QED) is 0.770. The second-order valence-electron chi connectivity index (χ2n) is 7.60. The molecular weight excluding hydrogens is 288 g/mol. The van der Waals surface area contributed by atoms with Gasteiger partial charge in [-0.1, -0.05) is 13.8 Å². The predicted octanol–water partition coefficient (Wildman–Crippen LogP) is 2.09. The summed E-state index contributed by atoms with van der Waals surface area (Å²) in [5, 5.41) is 0. The zero-order chi connectivity index (χ0) is 16.2. The number of ether oxygens (including phenoxy) is 1. The maximum absolute atomic E-state index is 5.96. The van der Waals surface area contributed by atoms with Crippen LogP contribution >= 0.6 is 0 Å². The van der Waals surface area contributed by atoms with Gasteiger partial charge in [-0.15, -0.1) is 0 Å². The summed E-state index contributed by atoms with van der Waals surface area (Å²) in [5.41, 5.74) is 2.63. The lowest BCUT2D eigenvalue weighted by Crippen LogP contribution is -2.40. The van der Waals surface area contributed by atoms with Crippen LogP contribution in [0.1, 0.15) is 44.0 Å². The van der Waals surface area contributed by atoms with E-state index in [1.807, 2.05) is 6.33 Å². The van der Waals surface area contributed by atoms with Crippen LogP contribution in [0.3, 0.4) is 0 Å². The summed E-state index contributed by atoms with van der Waals surface area (Å²) in [6.45, 7) is 13.1. The lowest BCUT2D eigenvalue weighted by atomic mass is 9.99. The molecule has 2 aliphatic rings. The molecule has 2 aliphatic heterocycles. The highest BCUT2D eigenvalue weighted by molar-refractivity contribution is 5.21. The molecule has 0 spiro atoms. The van der Waals surface area contributed by atoms with Crippen molar-refractivity contribution in [2.45, 2.75) is 39.2 Å². The highest BCUT2D eigenvalue weighted by atomic mass is 16.5. The molecule has 3 heterocycles. The highest BCUT2D eigenvalue weighted by Gasteiger charge is 2.29. The van der Waals surface area contributed by atoms with Crippen LogP contribution in [-0.2, 0) is 18.3 Å². The maximum atomic E-state index is 5.96. The van der Waals surface area contributed by atoms with Crippen molar-refractivity contribution in [3.8, 4) is 0 Å². The van der Waals surface area contributed by atoms with Crippen molar-refractivity contribution in [2.24, 2.45) is 13.0 Å². The van der Waals surface area contributed by atoms with Crippen molar-refractivity contribution in [1.29, 1.82) is 0 Å². The lowest BCUT2D eigenvalue weighted by Gasteiger charge is -2.33. The SMILES string of the molecule is CC(C)COC[C@H]1CN(CCN2CCCC2)Cc2ncn(C)c21. The fourth-order valence-electron chi connectivity index (χ4n) is 3.85. The van der Waals surface area contributed by atoms with Gasteiger partial charge in [-0.05, 0) is 31.8 Å². The molecule has 1 aromatic heterocycles. The van der Waals surface area contributed by atoms with Gasteiger partial charge in [0.2, 0.25) is 0 Å². The number of fused-ring (bicyclic) bond motifs is 1. The van der Waals surface area contributed by atoms with Crippen LogP contribution in [0, 0.1) is 5.92 Å². The monoisotopic (exact) mass is 320 g/mol. The van der Waals surface area contributed by atoms with E-state index >= 15 is 0 Å². The van der Waals surface area contributed by atoms with Crippen molar-refractivity contribution >= 4 is 0 Å². The van der Waals surface area contributed by atoms with Crippen molar-refractivity contribution in [3.05, 3.63) is 17.7 Å². The Hall–Kier alpha value is -0.910. The first-order valence-corrected chi connectivity index (χ1v) is 9.16. The van der Waals surface area contributed by atoms with Crippen LogP contribution < -0.4 is 0 Å². The van der Waals surface area contributed by atoms with Crippen LogP contribution in [0.4, 0.5) is 0 Å². The third kappa shape index (κ3) is 4.34. The van der Waals surface area contributed by atoms with Gasteiger partial charge in [0.1, 0.15) is 0 Å². The average molecular weight is 320 g/mol. The summed E-state index contributed by atoms with van der Waals surface area (Å²) in [6.07, 6.45) is 4.70. The highest BCUT2D eigenvalue weighted by Crippen LogP contribution is 2.27. The Balaban J connectivity index is 1.59. The number of aromatic nitrogens is 2. The van der Waals surface area contributed by atoms with Gasteiger partial charge < -0.3 is 14.2 Å². The molecule has 0 unspecified atom stereocenters. The van der Waals surface area contributed by atoms with Gasteiger partial charge in [-0.3, -0.25) is 4.90 Å². The van der Waals surface area contributed by atoms with Gasteiger partial charge in [-0.2, -0.15) is 0 Å².